The number of ether oxygens (including phenoxy) is 1. The summed E-state index contributed by atoms with van der Waals surface area (Å²) in [5.74, 6) is -0.756. The third kappa shape index (κ3) is 6.68. The number of carboxylic acids is 1. The number of unbranched alkanes of at least 4 members (excludes halogenated alkanes) is 1. The molecule has 0 saturated carbocycles. The van der Waals surface area contributed by atoms with Gasteiger partial charge in [0.1, 0.15) is 0 Å². The van der Waals surface area contributed by atoms with E-state index in [-0.39, 0.29) is 12.3 Å². The highest BCUT2D eigenvalue weighted by atomic mass is 32.1. The lowest BCUT2D eigenvalue weighted by Gasteiger charge is -2.21. The molecular formula is C14H21NO4S. The van der Waals surface area contributed by atoms with Gasteiger partial charge in [0.2, 0.25) is 5.91 Å². The first kappa shape index (κ1) is 16.7. The van der Waals surface area contributed by atoms with Crippen molar-refractivity contribution >= 4 is 23.2 Å². The molecule has 0 aliphatic rings. The van der Waals surface area contributed by atoms with Crippen LogP contribution in [0, 0.1) is 0 Å². The van der Waals surface area contributed by atoms with Crippen molar-refractivity contribution in [2.24, 2.45) is 0 Å². The standard InChI is InChI=1S/C14H21NO4S/c1-19-9-8-15(11-12-5-4-10-20-12)13(16)6-2-3-7-14(17)18/h4-5,10H,2-3,6-9,11H2,1H3,(H,17,18). The normalized spacial score (nSPS) is 10.4. The summed E-state index contributed by atoms with van der Waals surface area (Å²) in [6.45, 7) is 1.66. The molecule has 1 rings (SSSR count). The van der Waals surface area contributed by atoms with Crippen LogP contribution in [0.5, 0.6) is 0 Å². The molecule has 0 atom stereocenters. The summed E-state index contributed by atoms with van der Waals surface area (Å²) < 4.78 is 5.03. The SMILES string of the molecule is COCCN(Cc1cccs1)C(=O)CCCCC(=O)O. The van der Waals surface area contributed by atoms with Gasteiger partial charge in [-0.3, -0.25) is 9.59 Å². The molecule has 0 spiro atoms. The van der Waals surface area contributed by atoms with Gasteiger partial charge in [0.25, 0.3) is 0 Å². The number of methoxy groups -OCH3 is 1. The van der Waals surface area contributed by atoms with Crippen LogP contribution in [0.15, 0.2) is 17.5 Å². The van der Waals surface area contributed by atoms with Crippen molar-refractivity contribution in [2.45, 2.75) is 32.2 Å². The van der Waals surface area contributed by atoms with Crippen molar-refractivity contribution in [3.63, 3.8) is 0 Å². The van der Waals surface area contributed by atoms with E-state index in [1.54, 1.807) is 23.3 Å². The molecule has 0 unspecified atom stereocenters. The fourth-order valence-corrected chi connectivity index (χ4v) is 2.51. The third-order valence-electron chi connectivity index (χ3n) is 2.88. The minimum Gasteiger partial charge on any atom is -0.481 e. The average Bonchev–Trinajstić information content (AvgIpc) is 2.92. The zero-order chi connectivity index (χ0) is 14.8. The summed E-state index contributed by atoms with van der Waals surface area (Å²) in [5, 5.41) is 10.6. The van der Waals surface area contributed by atoms with E-state index in [0.29, 0.717) is 39.0 Å². The van der Waals surface area contributed by atoms with Gasteiger partial charge >= 0.3 is 5.97 Å². The van der Waals surface area contributed by atoms with Gasteiger partial charge in [-0.15, -0.1) is 11.3 Å². The van der Waals surface area contributed by atoms with Gasteiger partial charge in [-0.05, 0) is 24.3 Å². The van der Waals surface area contributed by atoms with Gasteiger partial charge in [0.05, 0.1) is 13.2 Å². The molecule has 0 aliphatic carbocycles. The number of amides is 1. The molecule has 1 heterocycles. The second-order valence-corrected chi connectivity index (χ2v) is 5.52. The fraction of sp³-hybridized carbons (Fsp3) is 0.571. The predicted molar refractivity (Wildman–Crippen MR) is 77.7 cm³/mol. The molecule has 1 aromatic rings. The first-order valence-corrected chi connectivity index (χ1v) is 7.52. The van der Waals surface area contributed by atoms with Crippen LogP contribution in [0.4, 0.5) is 0 Å². The lowest BCUT2D eigenvalue weighted by atomic mass is 10.2. The Hall–Kier alpha value is -1.40. The minimum atomic E-state index is -0.813. The summed E-state index contributed by atoms with van der Waals surface area (Å²) in [6.07, 6.45) is 1.66. The van der Waals surface area contributed by atoms with E-state index in [2.05, 4.69) is 0 Å². The molecule has 20 heavy (non-hydrogen) atoms. The van der Waals surface area contributed by atoms with Crippen LogP contribution >= 0.6 is 11.3 Å². The van der Waals surface area contributed by atoms with E-state index in [9.17, 15) is 9.59 Å². The number of hydrogen-bond donors (Lipinski definition) is 1. The van der Waals surface area contributed by atoms with Crippen molar-refractivity contribution in [2.75, 3.05) is 20.3 Å². The zero-order valence-electron chi connectivity index (χ0n) is 11.7. The highest BCUT2D eigenvalue weighted by Crippen LogP contribution is 2.13. The number of thiophene rings is 1. The van der Waals surface area contributed by atoms with Crippen LogP contribution in [-0.4, -0.2) is 42.1 Å². The topological polar surface area (TPSA) is 66.8 Å². The zero-order valence-corrected chi connectivity index (χ0v) is 12.5. The number of nitrogens with zero attached hydrogens (tertiary/aromatic N) is 1. The first-order valence-electron chi connectivity index (χ1n) is 6.64. The maximum atomic E-state index is 12.1. The molecule has 5 nitrogen and oxygen atoms in total. The monoisotopic (exact) mass is 299 g/mol. The fourth-order valence-electron chi connectivity index (χ4n) is 1.79. The number of carbonyl (C=O) groups is 2. The third-order valence-corrected chi connectivity index (χ3v) is 3.74. The van der Waals surface area contributed by atoms with E-state index < -0.39 is 5.97 Å². The second kappa shape index (κ2) is 9.50. The molecule has 1 amide bonds. The van der Waals surface area contributed by atoms with Crippen LogP contribution in [0.3, 0.4) is 0 Å². The quantitative estimate of drug-likeness (QED) is 0.674. The van der Waals surface area contributed by atoms with Crippen LogP contribution in [0.2, 0.25) is 0 Å². The van der Waals surface area contributed by atoms with Crippen molar-refractivity contribution in [3.8, 4) is 0 Å². The molecule has 1 aromatic heterocycles. The van der Waals surface area contributed by atoms with E-state index in [4.69, 9.17) is 9.84 Å². The Bertz CT molecular complexity index is 405. The molecule has 6 heteroatoms. The Morgan fingerprint density at radius 1 is 1.35 bits per heavy atom. The number of aliphatic carboxylic acids is 1. The van der Waals surface area contributed by atoms with Crippen LogP contribution < -0.4 is 0 Å². The van der Waals surface area contributed by atoms with Crippen LogP contribution in [-0.2, 0) is 20.9 Å². The molecule has 0 aromatic carbocycles. The van der Waals surface area contributed by atoms with Crippen molar-refractivity contribution in [1.82, 2.24) is 4.90 Å². The summed E-state index contributed by atoms with van der Waals surface area (Å²) >= 11 is 1.62. The summed E-state index contributed by atoms with van der Waals surface area (Å²) in [5.41, 5.74) is 0. The van der Waals surface area contributed by atoms with Gasteiger partial charge in [-0.2, -0.15) is 0 Å². The van der Waals surface area contributed by atoms with Crippen molar-refractivity contribution in [1.29, 1.82) is 0 Å². The Morgan fingerprint density at radius 2 is 2.10 bits per heavy atom. The Labute approximate surface area is 123 Å². The maximum Gasteiger partial charge on any atom is 0.303 e. The van der Waals surface area contributed by atoms with Crippen LogP contribution in [0.1, 0.15) is 30.6 Å². The van der Waals surface area contributed by atoms with E-state index in [1.807, 2.05) is 17.5 Å². The molecular weight excluding hydrogens is 278 g/mol. The average molecular weight is 299 g/mol. The predicted octanol–water partition coefficient (Wildman–Crippen LogP) is 2.37. The summed E-state index contributed by atoms with van der Waals surface area (Å²) in [4.78, 5) is 25.5. The van der Waals surface area contributed by atoms with Gasteiger partial charge < -0.3 is 14.7 Å². The second-order valence-electron chi connectivity index (χ2n) is 4.49. The molecule has 1 N–H and O–H groups in total. The van der Waals surface area contributed by atoms with Gasteiger partial charge in [-0.1, -0.05) is 6.07 Å². The number of rotatable bonds is 10. The summed E-state index contributed by atoms with van der Waals surface area (Å²) in [7, 11) is 1.61. The van der Waals surface area contributed by atoms with Gasteiger partial charge in [-0.25, -0.2) is 0 Å². The Kier molecular flexibility index (Phi) is 7.91. The van der Waals surface area contributed by atoms with Gasteiger partial charge in [0.15, 0.2) is 0 Å². The summed E-state index contributed by atoms with van der Waals surface area (Å²) in [6, 6.07) is 3.97. The van der Waals surface area contributed by atoms with E-state index >= 15 is 0 Å². The number of hydrogen-bond acceptors (Lipinski definition) is 4. The molecule has 112 valence electrons. The smallest absolute Gasteiger partial charge is 0.303 e. The molecule has 0 radical (unpaired) electrons. The lowest BCUT2D eigenvalue weighted by molar-refractivity contribution is -0.137. The largest absolute Gasteiger partial charge is 0.481 e. The molecule has 0 fully saturated rings. The maximum absolute atomic E-state index is 12.1. The minimum absolute atomic E-state index is 0.0563. The van der Waals surface area contributed by atoms with Gasteiger partial charge in [0, 0.05) is 31.4 Å². The highest BCUT2D eigenvalue weighted by Gasteiger charge is 2.14. The number of carbonyl (C=O) groups excluding carboxylic acids is 1. The Balaban J connectivity index is 2.40. The molecule has 0 aliphatic heterocycles. The molecule has 0 bridgehead atoms. The lowest BCUT2D eigenvalue weighted by Crippen LogP contribution is -2.33. The highest BCUT2D eigenvalue weighted by molar-refractivity contribution is 7.09. The number of carboxylic acid groups (broad SMARTS) is 1. The Morgan fingerprint density at radius 3 is 2.70 bits per heavy atom. The van der Waals surface area contributed by atoms with E-state index in [1.165, 1.54) is 0 Å². The van der Waals surface area contributed by atoms with E-state index in [0.717, 1.165) is 4.88 Å². The van der Waals surface area contributed by atoms with Crippen molar-refractivity contribution < 1.29 is 19.4 Å². The van der Waals surface area contributed by atoms with Crippen molar-refractivity contribution in [3.05, 3.63) is 22.4 Å². The first-order chi connectivity index (χ1) is 9.63. The van der Waals surface area contributed by atoms with Crippen LogP contribution in [0.25, 0.3) is 0 Å². The molecule has 0 saturated heterocycles.